The fourth-order valence-corrected chi connectivity index (χ4v) is 1.85. The maximum atomic E-state index is 5.69. The molecule has 0 atom stereocenters. The van der Waals surface area contributed by atoms with Gasteiger partial charge in [0.2, 0.25) is 0 Å². The molecule has 0 aliphatic heterocycles. The fourth-order valence-electron chi connectivity index (χ4n) is 1.85. The van der Waals surface area contributed by atoms with E-state index in [1.54, 1.807) is 6.20 Å². The number of rotatable bonds is 2. The number of aromatic nitrogens is 3. The van der Waals surface area contributed by atoms with Crippen LogP contribution in [0.3, 0.4) is 0 Å². The second-order valence-electron chi connectivity index (χ2n) is 3.99. The Labute approximate surface area is 105 Å². The predicted molar refractivity (Wildman–Crippen MR) is 71.2 cm³/mol. The van der Waals surface area contributed by atoms with Gasteiger partial charge >= 0.3 is 0 Å². The van der Waals surface area contributed by atoms with E-state index in [0.29, 0.717) is 0 Å². The molecule has 0 saturated heterocycles. The Morgan fingerprint density at radius 3 is 2.33 bits per heavy atom. The van der Waals surface area contributed by atoms with Crippen LogP contribution in [0.5, 0.6) is 0 Å². The topological polar surface area (TPSA) is 56.7 Å². The van der Waals surface area contributed by atoms with Crippen LogP contribution in [0.1, 0.15) is 0 Å². The Balaban J connectivity index is 2.10. The maximum Gasteiger partial charge on any atom is 0.0944 e. The molecule has 0 fully saturated rings. The lowest BCUT2D eigenvalue weighted by Crippen LogP contribution is -1.98. The summed E-state index contributed by atoms with van der Waals surface area (Å²) in [6.07, 6.45) is 1.75. The van der Waals surface area contributed by atoms with Crippen molar-refractivity contribution in [2.75, 3.05) is 5.73 Å². The Morgan fingerprint density at radius 1 is 0.889 bits per heavy atom. The molecule has 18 heavy (non-hydrogen) atoms. The van der Waals surface area contributed by atoms with Crippen LogP contribution in [0.2, 0.25) is 0 Å². The van der Waals surface area contributed by atoms with Crippen LogP contribution in [0, 0.1) is 0 Å². The van der Waals surface area contributed by atoms with Crippen molar-refractivity contribution in [3.05, 3.63) is 60.8 Å². The van der Waals surface area contributed by atoms with Gasteiger partial charge in [-0.15, -0.1) is 5.10 Å². The molecule has 0 aliphatic rings. The van der Waals surface area contributed by atoms with Crippen LogP contribution in [-0.4, -0.2) is 15.0 Å². The zero-order chi connectivity index (χ0) is 12.4. The zero-order valence-electron chi connectivity index (χ0n) is 9.69. The molecule has 4 heteroatoms. The van der Waals surface area contributed by atoms with Gasteiger partial charge in [-0.25, -0.2) is 4.68 Å². The summed E-state index contributed by atoms with van der Waals surface area (Å²) in [5, 5.41) is 8.10. The van der Waals surface area contributed by atoms with Gasteiger partial charge in [-0.2, -0.15) is 0 Å². The summed E-state index contributed by atoms with van der Waals surface area (Å²) in [6.45, 7) is 0. The molecule has 0 unspecified atom stereocenters. The molecule has 4 nitrogen and oxygen atoms in total. The van der Waals surface area contributed by atoms with Crippen molar-refractivity contribution in [3.8, 4) is 16.9 Å². The molecule has 2 N–H and O–H groups in total. The van der Waals surface area contributed by atoms with Gasteiger partial charge in [-0.1, -0.05) is 35.5 Å². The van der Waals surface area contributed by atoms with Crippen LogP contribution < -0.4 is 5.73 Å². The lowest BCUT2D eigenvalue weighted by molar-refractivity contribution is 0.808. The molecule has 1 heterocycles. The second-order valence-corrected chi connectivity index (χ2v) is 3.99. The smallest absolute Gasteiger partial charge is 0.0944 e. The summed E-state index contributed by atoms with van der Waals surface area (Å²) in [4.78, 5) is 0. The average molecular weight is 236 g/mol. The van der Waals surface area contributed by atoms with Gasteiger partial charge in [-0.3, -0.25) is 0 Å². The highest BCUT2D eigenvalue weighted by Crippen LogP contribution is 2.22. The second kappa shape index (κ2) is 4.33. The van der Waals surface area contributed by atoms with Gasteiger partial charge in [0.1, 0.15) is 0 Å². The summed E-state index contributed by atoms with van der Waals surface area (Å²) in [6, 6.07) is 17.6. The van der Waals surface area contributed by atoms with Gasteiger partial charge in [0, 0.05) is 11.3 Å². The predicted octanol–water partition coefficient (Wildman–Crippen LogP) is 2.52. The van der Waals surface area contributed by atoms with E-state index in [9.17, 15) is 0 Å². The molecule has 0 spiro atoms. The normalized spacial score (nSPS) is 10.4. The Morgan fingerprint density at radius 2 is 1.61 bits per heavy atom. The third kappa shape index (κ3) is 1.84. The van der Waals surface area contributed by atoms with Gasteiger partial charge in [0.25, 0.3) is 0 Å². The van der Waals surface area contributed by atoms with E-state index in [-0.39, 0.29) is 0 Å². The highest BCUT2D eigenvalue weighted by molar-refractivity contribution is 5.63. The van der Waals surface area contributed by atoms with E-state index in [1.807, 2.05) is 59.3 Å². The Kier molecular flexibility index (Phi) is 2.53. The van der Waals surface area contributed by atoms with Crippen molar-refractivity contribution in [1.29, 1.82) is 0 Å². The Hall–Kier alpha value is -2.62. The first kappa shape index (κ1) is 10.5. The number of hydrogen-bond acceptors (Lipinski definition) is 3. The zero-order valence-corrected chi connectivity index (χ0v) is 9.69. The van der Waals surface area contributed by atoms with Crippen molar-refractivity contribution in [2.45, 2.75) is 0 Å². The molecular weight excluding hydrogens is 224 g/mol. The minimum absolute atomic E-state index is 0.748. The third-order valence-electron chi connectivity index (χ3n) is 2.76. The van der Waals surface area contributed by atoms with Crippen molar-refractivity contribution in [3.63, 3.8) is 0 Å². The van der Waals surface area contributed by atoms with Gasteiger partial charge < -0.3 is 5.73 Å². The highest BCUT2D eigenvalue weighted by Gasteiger charge is 2.07. The molecule has 2 aromatic carbocycles. The molecular formula is C14H12N4. The first-order chi connectivity index (χ1) is 8.84. The summed E-state index contributed by atoms with van der Waals surface area (Å²) < 4.78 is 1.81. The van der Waals surface area contributed by atoms with Crippen molar-refractivity contribution < 1.29 is 0 Å². The minimum atomic E-state index is 0.748. The number of nitrogens with zero attached hydrogens (tertiary/aromatic N) is 3. The van der Waals surface area contributed by atoms with Gasteiger partial charge in [0.15, 0.2) is 0 Å². The Bertz CT molecular complexity index is 641. The average Bonchev–Trinajstić information content (AvgIpc) is 2.90. The molecule has 0 radical (unpaired) electrons. The van der Waals surface area contributed by atoms with Crippen molar-refractivity contribution >= 4 is 5.69 Å². The van der Waals surface area contributed by atoms with Crippen molar-refractivity contribution in [2.24, 2.45) is 0 Å². The molecule has 0 bridgehead atoms. The summed E-state index contributed by atoms with van der Waals surface area (Å²) >= 11 is 0. The highest BCUT2D eigenvalue weighted by atomic mass is 15.4. The van der Waals surface area contributed by atoms with Crippen LogP contribution >= 0.6 is 0 Å². The molecule has 88 valence electrons. The molecule has 0 aliphatic carbocycles. The number of nitrogens with two attached hydrogens (primary N) is 1. The quantitative estimate of drug-likeness (QED) is 0.695. The van der Waals surface area contributed by atoms with Gasteiger partial charge in [-0.05, 0) is 24.3 Å². The summed E-state index contributed by atoms with van der Waals surface area (Å²) in [7, 11) is 0. The van der Waals surface area contributed by atoms with E-state index in [4.69, 9.17) is 5.73 Å². The van der Waals surface area contributed by atoms with Gasteiger partial charge in [0.05, 0.1) is 17.6 Å². The molecule has 3 aromatic rings. The summed E-state index contributed by atoms with van der Waals surface area (Å²) in [5.41, 5.74) is 9.41. The van der Waals surface area contributed by atoms with E-state index in [2.05, 4.69) is 10.3 Å². The number of para-hydroxylation sites is 1. The lowest BCUT2D eigenvalue weighted by Gasteiger charge is -2.06. The van der Waals surface area contributed by atoms with Crippen LogP contribution in [0.15, 0.2) is 60.8 Å². The van der Waals surface area contributed by atoms with E-state index in [1.165, 1.54) is 0 Å². The first-order valence-electron chi connectivity index (χ1n) is 5.66. The SMILES string of the molecule is Nc1ccc(-c2cnnn2-c2ccccc2)cc1. The number of anilines is 1. The molecule has 0 saturated carbocycles. The van der Waals surface area contributed by atoms with E-state index >= 15 is 0 Å². The first-order valence-corrected chi connectivity index (χ1v) is 5.66. The van der Waals surface area contributed by atoms with Crippen LogP contribution in [-0.2, 0) is 0 Å². The largest absolute Gasteiger partial charge is 0.399 e. The van der Waals surface area contributed by atoms with E-state index in [0.717, 1.165) is 22.6 Å². The summed E-state index contributed by atoms with van der Waals surface area (Å²) in [5.74, 6) is 0. The number of benzene rings is 2. The van der Waals surface area contributed by atoms with Crippen LogP contribution in [0.25, 0.3) is 16.9 Å². The number of nitrogen functional groups attached to an aromatic ring is 1. The molecule has 3 rings (SSSR count). The maximum absolute atomic E-state index is 5.69. The fraction of sp³-hybridized carbons (Fsp3) is 0. The molecule has 0 amide bonds. The van der Waals surface area contributed by atoms with E-state index < -0.39 is 0 Å². The number of hydrogen-bond donors (Lipinski definition) is 1. The molecule has 1 aromatic heterocycles. The van der Waals surface area contributed by atoms with Crippen molar-refractivity contribution in [1.82, 2.24) is 15.0 Å². The van der Waals surface area contributed by atoms with Crippen LogP contribution in [0.4, 0.5) is 5.69 Å². The monoisotopic (exact) mass is 236 g/mol. The third-order valence-corrected chi connectivity index (χ3v) is 2.76. The standard InChI is InChI=1S/C14H12N4/c15-12-8-6-11(7-9-12)14-10-16-17-18(14)13-4-2-1-3-5-13/h1-10H,15H2. The lowest BCUT2D eigenvalue weighted by atomic mass is 10.1. The minimum Gasteiger partial charge on any atom is -0.399 e.